The van der Waals surface area contributed by atoms with E-state index < -0.39 is 11.3 Å². The normalized spacial score (nSPS) is 18.1. The van der Waals surface area contributed by atoms with Crippen molar-refractivity contribution in [1.29, 1.82) is 0 Å². The van der Waals surface area contributed by atoms with Gasteiger partial charge in [0.05, 0.1) is 5.92 Å². The summed E-state index contributed by atoms with van der Waals surface area (Å²) in [5.41, 5.74) is 0.0667. The third-order valence-corrected chi connectivity index (χ3v) is 4.68. The standard InChI is InChI=1S/C16H21N5O4/c1-10-7-13(23)14(18-17-10)16(25)20-5-3-19(4-6-20)15(24)12-8-21(9-12)11(2)22/h7,12H,3-6,8-9H2,1-2H3,(H,17,23). The van der Waals surface area contributed by atoms with E-state index in [1.807, 2.05) is 0 Å². The zero-order chi connectivity index (χ0) is 18.1. The molecule has 0 atom stereocenters. The quantitative estimate of drug-likeness (QED) is 0.726. The molecule has 0 spiro atoms. The number of nitrogens with one attached hydrogen (secondary N) is 1. The number of hydrogen-bond acceptors (Lipinski definition) is 5. The predicted molar refractivity (Wildman–Crippen MR) is 87.8 cm³/mol. The van der Waals surface area contributed by atoms with Gasteiger partial charge in [-0.3, -0.25) is 24.3 Å². The number of hydrogen-bond donors (Lipinski definition) is 1. The van der Waals surface area contributed by atoms with E-state index >= 15 is 0 Å². The topological polar surface area (TPSA) is 107 Å². The summed E-state index contributed by atoms with van der Waals surface area (Å²) in [5, 5.41) is 6.47. The molecule has 0 radical (unpaired) electrons. The lowest BCUT2D eigenvalue weighted by Gasteiger charge is -2.42. The third-order valence-electron chi connectivity index (χ3n) is 4.68. The Kier molecular flexibility index (Phi) is 4.56. The fourth-order valence-electron chi connectivity index (χ4n) is 3.08. The van der Waals surface area contributed by atoms with E-state index in [0.29, 0.717) is 45.0 Å². The minimum Gasteiger partial charge on any atom is -0.341 e. The van der Waals surface area contributed by atoms with Crippen LogP contribution in [0.5, 0.6) is 0 Å². The Morgan fingerprint density at radius 1 is 1.08 bits per heavy atom. The third kappa shape index (κ3) is 3.40. The molecule has 134 valence electrons. The molecule has 9 nitrogen and oxygen atoms in total. The highest BCUT2D eigenvalue weighted by Gasteiger charge is 2.38. The summed E-state index contributed by atoms with van der Waals surface area (Å²) in [6, 6.07) is 1.34. The molecule has 0 bridgehead atoms. The summed E-state index contributed by atoms with van der Waals surface area (Å²) in [4.78, 5) is 52.8. The number of aryl methyl sites for hydroxylation is 1. The minimum atomic E-state index is -0.417. The van der Waals surface area contributed by atoms with Crippen LogP contribution in [0.1, 0.15) is 23.1 Å². The van der Waals surface area contributed by atoms with Crippen LogP contribution in [0.15, 0.2) is 10.9 Å². The molecular weight excluding hydrogens is 326 g/mol. The largest absolute Gasteiger partial charge is 0.341 e. The van der Waals surface area contributed by atoms with E-state index in [9.17, 15) is 19.2 Å². The molecule has 0 unspecified atom stereocenters. The highest BCUT2D eigenvalue weighted by Crippen LogP contribution is 2.19. The van der Waals surface area contributed by atoms with Gasteiger partial charge in [0.25, 0.3) is 5.91 Å². The number of aromatic nitrogens is 2. The van der Waals surface area contributed by atoms with Gasteiger partial charge in [0.1, 0.15) is 0 Å². The van der Waals surface area contributed by atoms with Crippen molar-refractivity contribution in [2.24, 2.45) is 5.92 Å². The highest BCUT2D eigenvalue weighted by atomic mass is 16.2. The number of likely N-dealkylation sites (tertiary alicyclic amines) is 1. The molecule has 9 heteroatoms. The lowest BCUT2D eigenvalue weighted by Crippen LogP contribution is -2.59. The zero-order valence-corrected chi connectivity index (χ0v) is 14.3. The number of nitrogens with zero attached hydrogens (tertiary/aromatic N) is 4. The molecule has 3 heterocycles. The maximum absolute atomic E-state index is 12.4. The SMILES string of the molecule is CC(=O)N1CC(C(=O)N2CCN(C(=O)c3n[nH]c(C)cc3=O)CC2)C1. The van der Waals surface area contributed by atoms with Crippen LogP contribution in [0.4, 0.5) is 0 Å². The van der Waals surface area contributed by atoms with Gasteiger partial charge >= 0.3 is 0 Å². The molecule has 2 fully saturated rings. The van der Waals surface area contributed by atoms with E-state index in [1.54, 1.807) is 21.6 Å². The number of carbonyl (C=O) groups excluding carboxylic acids is 3. The molecule has 25 heavy (non-hydrogen) atoms. The van der Waals surface area contributed by atoms with Crippen molar-refractivity contribution in [2.45, 2.75) is 13.8 Å². The second-order valence-electron chi connectivity index (χ2n) is 6.50. The first-order valence-corrected chi connectivity index (χ1v) is 8.26. The molecule has 1 aromatic heterocycles. The second kappa shape index (κ2) is 6.66. The summed E-state index contributed by atoms with van der Waals surface area (Å²) in [6.07, 6.45) is 0. The van der Waals surface area contributed by atoms with E-state index in [4.69, 9.17) is 0 Å². The fraction of sp³-hybridized carbons (Fsp3) is 0.562. The number of rotatable bonds is 2. The van der Waals surface area contributed by atoms with Gasteiger partial charge < -0.3 is 14.7 Å². The van der Waals surface area contributed by atoms with Crippen LogP contribution in [0.2, 0.25) is 0 Å². The summed E-state index contributed by atoms with van der Waals surface area (Å²) >= 11 is 0. The number of carbonyl (C=O) groups is 3. The summed E-state index contributed by atoms with van der Waals surface area (Å²) in [7, 11) is 0. The molecule has 2 aliphatic heterocycles. The van der Waals surface area contributed by atoms with Crippen LogP contribution in [-0.2, 0) is 9.59 Å². The lowest BCUT2D eigenvalue weighted by atomic mass is 9.98. The highest BCUT2D eigenvalue weighted by molar-refractivity contribution is 5.92. The Morgan fingerprint density at radius 3 is 2.24 bits per heavy atom. The molecule has 2 aliphatic rings. The van der Waals surface area contributed by atoms with Gasteiger partial charge in [-0.15, -0.1) is 0 Å². The summed E-state index contributed by atoms with van der Waals surface area (Å²) < 4.78 is 0. The van der Waals surface area contributed by atoms with Crippen LogP contribution in [0.3, 0.4) is 0 Å². The Balaban J connectivity index is 1.55. The predicted octanol–water partition coefficient (Wildman–Crippen LogP) is -1.16. The Labute approximate surface area is 144 Å². The van der Waals surface area contributed by atoms with Crippen molar-refractivity contribution in [2.75, 3.05) is 39.3 Å². The van der Waals surface area contributed by atoms with Crippen LogP contribution in [0, 0.1) is 12.8 Å². The van der Waals surface area contributed by atoms with Crippen molar-refractivity contribution < 1.29 is 14.4 Å². The van der Waals surface area contributed by atoms with Gasteiger partial charge in [-0.1, -0.05) is 0 Å². The van der Waals surface area contributed by atoms with Crippen molar-refractivity contribution >= 4 is 17.7 Å². The van der Waals surface area contributed by atoms with E-state index in [0.717, 1.165) is 0 Å². The van der Waals surface area contributed by atoms with E-state index in [-0.39, 0.29) is 23.4 Å². The molecular formula is C16H21N5O4. The first-order valence-electron chi connectivity index (χ1n) is 8.26. The average molecular weight is 347 g/mol. The van der Waals surface area contributed by atoms with Gasteiger partial charge in [0.15, 0.2) is 5.69 Å². The Bertz CT molecular complexity index is 760. The fourth-order valence-corrected chi connectivity index (χ4v) is 3.08. The van der Waals surface area contributed by atoms with Crippen LogP contribution in [-0.4, -0.2) is 81.9 Å². The summed E-state index contributed by atoms with van der Waals surface area (Å²) in [6.45, 7) is 5.69. The van der Waals surface area contributed by atoms with Crippen molar-refractivity contribution in [3.8, 4) is 0 Å². The molecule has 1 N–H and O–H groups in total. The monoisotopic (exact) mass is 347 g/mol. The maximum atomic E-state index is 12.4. The molecule has 1 aromatic rings. The molecule has 0 aromatic carbocycles. The molecule has 0 aliphatic carbocycles. The first kappa shape index (κ1) is 17.1. The zero-order valence-electron chi connectivity index (χ0n) is 14.3. The minimum absolute atomic E-state index is 0.0183. The smallest absolute Gasteiger partial charge is 0.278 e. The average Bonchev–Trinajstić information content (AvgIpc) is 2.52. The first-order chi connectivity index (χ1) is 11.9. The van der Waals surface area contributed by atoms with Crippen LogP contribution >= 0.6 is 0 Å². The van der Waals surface area contributed by atoms with Crippen molar-refractivity contribution in [3.05, 3.63) is 27.7 Å². The van der Waals surface area contributed by atoms with Crippen molar-refractivity contribution in [1.82, 2.24) is 24.9 Å². The molecule has 3 rings (SSSR count). The molecule has 2 saturated heterocycles. The van der Waals surface area contributed by atoms with Gasteiger partial charge in [-0.2, -0.15) is 5.10 Å². The number of piperazine rings is 1. The van der Waals surface area contributed by atoms with Gasteiger partial charge in [-0.25, -0.2) is 0 Å². The van der Waals surface area contributed by atoms with Gasteiger partial charge in [0, 0.05) is 58.0 Å². The Hall–Kier alpha value is -2.71. The van der Waals surface area contributed by atoms with Crippen LogP contribution < -0.4 is 5.43 Å². The molecule has 3 amide bonds. The lowest BCUT2D eigenvalue weighted by molar-refractivity contribution is -0.148. The van der Waals surface area contributed by atoms with E-state index in [1.165, 1.54) is 13.0 Å². The second-order valence-corrected chi connectivity index (χ2v) is 6.50. The van der Waals surface area contributed by atoms with Gasteiger partial charge in [-0.05, 0) is 6.92 Å². The maximum Gasteiger partial charge on any atom is 0.278 e. The van der Waals surface area contributed by atoms with E-state index in [2.05, 4.69) is 10.2 Å². The Morgan fingerprint density at radius 2 is 1.68 bits per heavy atom. The van der Waals surface area contributed by atoms with Gasteiger partial charge in [0.2, 0.25) is 17.2 Å². The van der Waals surface area contributed by atoms with Crippen molar-refractivity contribution in [3.63, 3.8) is 0 Å². The number of aromatic amines is 1. The summed E-state index contributed by atoms with van der Waals surface area (Å²) in [5.74, 6) is -0.557. The van der Waals surface area contributed by atoms with Crippen LogP contribution in [0.25, 0.3) is 0 Å². The molecule has 0 saturated carbocycles. The number of H-pyrrole nitrogens is 1. The number of amides is 3.